The van der Waals surface area contributed by atoms with Gasteiger partial charge in [-0.15, -0.1) is 0 Å². The van der Waals surface area contributed by atoms with Gasteiger partial charge in [0.2, 0.25) is 6.79 Å². The lowest BCUT2D eigenvalue weighted by Gasteiger charge is -2.44. The first kappa shape index (κ1) is 18.6. The van der Waals surface area contributed by atoms with E-state index < -0.39 is 17.2 Å². The van der Waals surface area contributed by atoms with E-state index >= 15 is 0 Å². The molecule has 28 heavy (non-hydrogen) atoms. The fourth-order valence-corrected chi connectivity index (χ4v) is 4.90. The molecule has 1 aromatic carbocycles. The monoisotopic (exact) mass is 387 g/mol. The largest absolute Gasteiger partial charge is 0.454 e. The number of hydrogen-bond acceptors (Lipinski definition) is 7. The van der Waals surface area contributed by atoms with Crippen LogP contribution in [0.2, 0.25) is 0 Å². The molecule has 150 valence electrons. The van der Waals surface area contributed by atoms with Crippen LogP contribution >= 0.6 is 0 Å². The van der Waals surface area contributed by atoms with E-state index in [4.69, 9.17) is 19.2 Å². The normalized spacial score (nSPS) is 27.2. The van der Waals surface area contributed by atoms with Crippen LogP contribution in [0.4, 0.5) is 10.5 Å². The Morgan fingerprint density at radius 3 is 2.57 bits per heavy atom. The topological polar surface area (TPSA) is 80.7 Å². The third-order valence-electron chi connectivity index (χ3n) is 5.63. The van der Waals surface area contributed by atoms with E-state index in [2.05, 4.69) is 6.92 Å². The summed E-state index contributed by atoms with van der Waals surface area (Å²) in [6.07, 6.45) is 0.303. The first-order valence-electron chi connectivity index (χ1n) is 9.45. The van der Waals surface area contributed by atoms with E-state index in [0.29, 0.717) is 23.8 Å². The van der Waals surface area contributed by atoms with Crippen molar-refractivity contribution in [3.63, 3.8) is 0 Å². The molecule has 8 heteroatoms. The molecule has 2 atom stereocenters. The average Bonchev–Trinajstić information content (AvgIpc) is 3.12. The first-order chi connectivity index (χ1) is 13.2. The summed E-state index contributed by atoms with van der Waals surface area (Å²) in [6.45, 7) is 9.58. The second kappa shape index (κ2) is 6.12. The van der Waals surface area contributed by atoms with Crippen LogP contribution in [0.5, 0.6) is 11.5 Å². The number of aliphatic imine (C=N–C) groups is 1. The van der Waals surface area contributed by atoms with Crippen molar-refractivity contribution >= 4 is 23.4 Å². The van der Waals surface area contributed by atoms with Gasteiger partial charge in [0.1, 0.15) is 11.6 Å². The van der Waals surface area contributed by atoms with E-state index in [0.717, 1.165) is 11.3 Å². The Balaban J connectivity index is 1.88. The van der Waals surface area contributed by atoms with E-state index in [-0.39, 0.29) is 25.6 Å². The summed E-state index contributed by atoms with van der Waals surface area (Å²) in [6, 6.07) is 3.81. The van der Waals surface area contributed by atoms with Gasteiger partial charge in [0.25, 0.3) is 0 Å². The number of fused-ring (bicyclic) bond motifs is 4. The van der Waals surface area contributed by atoms with Crippen LogP contribution in [-0.4, -0.2) is 46.7 Å². The van der Waals surface area contributed by atoms with Gasteiger partial charge in [0, 0.05) is 24.5 Å². The van der Waals surface area contributed by atoms with Gasteiger partial charge < -0.3 is 14.2 Å². The van der Waals surface area contributed by atoms with Crippen LogP contribution in [0.3, 0.4) is 0 Å². The molecule has 0 bridgehead atoms. The number of amidine groups is 1. The summed E-state index contributed by atoms with van der Waals surface area (Å²) in [5.41, 5.74) is 0.404. The number of amides is 1. The van der Waals surface area contributed by atoms with Gasteiger partial charge in [-0.1, -0.05) is 0 Å². The summed E-state index contributed by atoms with van der Waals surface area (Å²) < 4.78 is 16.4. The van der Waals surface area contributed by atoms with Crippen molar-refractivity contribution in [3.05, 3.63) is 17.7 Å². The molecule has 0 N–H and O–H groups in total. The number of ether oxygens (including phenoxy) is 3. The van der Waals surface area contributed by atoms with Crippen LogP contribution in [-0.2, 0) is 15.1 Å². The molecule has 4 rings (SSSR count). The average molecular weight is 387 g/mol. The van der Waals surface area contributed by atoms with Crippen molar-refractivity contribution in [1.29, 1.82) is 0 Å². The van der Waals surface area contributed by atoms with Crippen molar-refractivity contribution in [2.75, 3.05) is 13.4 Å². The third kappa shape index (κ3) is 2.54. The molecule has 1 amide bonds. The first-order valence-corrected chi connectivity index (χ1v) is 9.45. The zero-order chi connectivity index (χ0) is 20.3. The van der Waals surface area contributed by atoms with Gasteiger partial charge in [-0.3, -0.25) is 9.80 Å². The lowest BCUT2D eigenvalue weighted by Crippen LogP contribution is -2.57. The van der Waals surface area contributed by atoms with Crippen LogP contribution in [0, 0.1) is 0 Å². The zero-order valence-electron chi connectivity index (χ0n) is 16.9. The second-order valence-electron chi connectivity index (χ2n) is 8.03. The number of carbonyl (C=O) groups is 2. The highest BCUT2D eigenvalue weighted by Gasteiger charge is 2.60. The van der Waals surface area contributed by atoms with E-state index in [1.807, 2.05) is 31.0 Å². The summed E-state index contributed by atoms with van der Waals surface area (Å²) >= 11 is 0. The number of hydrazine groups is 1. The molecule has 3 heterocycles. The molecular weight excluding hydrogens is 362 g/mol. The highest BCUT2D eigenvalue weighted by Crippen LogP contribution is 2.55. The fourth-order valence-electron chi connectivity index (χ4n) is 4.90. The number of rotatable bonds is 3. The van der Waals surface area contributed by atoms with Crippen LogP contribution in [0.25, 0.3) is 0 Å². The Morgan fingerprint density at radius 1 is 1.25 bits per heavy atom. The summed E-state index contributed by atoms with van der Waals surface area (Å²) in [5, 5.41) is 3.45. The number of ketones is 1. The maximum atomic E-state index is 12.9. The van der Waals surface area contributed by atoms with Crippen molar-refractivity contribution in [2.24, 2.45) is 4.99 Å². The third-order valence-corrected chi connectivity index (χ3v) is 5.63. The SMILES string of the molecule is CCOC(=O)N1N2C(C)=Nc3cc4c(cc3C2(C)CC1(C)CC(C)=O)OCO4. The van der Waals surface area contributed by atoms with Crippen LogP contribution < -0.4 is 9.47 Å². The molecule has 1 fully saturated rings. The molecule has 0 spiro atoms. The molecule has 2 unspecified atom stereocenters. The maximum Gasteiger partial charge on any atom is 0.429 e. The van der Waals surface area contributed by atoms with Crippen LogP contribution in [0.15, 0.2) is 17.1 Å². The minimum Gasteiger partial charge on any atom is -0.454 e. The lowest BCUT2D eigenvalue weighted by molar-refractivity contribution is -0.120. The van der Waals surface area contributed by atoms with E-state index in [1.165, 1.54) is 0 Å². The van der Waals surface area contributed by atoms with Gasteiger partial charge in [-0.25, -0.2) is 14.8 Å². The van der Waals surface area contributed by atoms with Gasteiger partial charge in [-0.05, 0) is 40.7 Å². The molecule has 1 aromatic rings. The minimum atomic E-state index is -0.735. The smallest absolute Gasteiger partial charge is 0.429 e. The summed E-state index contributed by atoms with van der Waals surface area (Å²) in [7, 11) is 0. The quantitative estimate of drug-likeness (QED) is 0.790. The number of Topliss-reactive ketones (excluding diaryl/α,β-unsaturated/α-hetero) is 1. The Hall–Kier alpha value is -2.77. The molecule has 0 radical (unpaired) electrons. The Kier molecular flexibility index (Phi) is 4.06. The molecule has 0 aromatic heterocycles. The highest BCUT2D eigenvalue weighted by atomic mass is 16.7. The molecular formula is C20H25N3O5. The second-order valence-corrected chi connectivity index (χ2v) is 8.03. The van der Waals surface area contributed by atoms with Gasteiger partial charge in [-0.2, -0.15) is 0 Å². The molecule has 3 aliphatic heterocycles. The molecule has 0 saturated carbocycles. The number of carbonyl (C=O) groups excluding carboxylic acids is 2. The van der Waals surface area contributed by atoms with Gasteiger partial charge in [0.15, 0.2) is 11.5 Å². The predicted octanol–water partition coefficient (Wildman–Crippen LogP) is 3.51. The number of nitrogens with zero attached hydrogens (tertiary/aromatic N) is 3. The predicted molar refractivity (Wildman–Crippen MR) is 102 cm³/mol. The Morgan fingerprint density at radius 2 is 1.93 bits per heavy atom. The van der Waals surface area contributed by atoms with E-state index in [1.54, 1.807) is 18.9 Å². The summed E-state index contributed by atoms with van der Waals surface area (Å²) in [5.74, 6) is 2.01. The molecule has 3 aliphatic rings. The van der Waals surface area contributed by atoms with Crippen molar-refractivity contribution in [2.45, 2.75) is 58.5 Å². The number of benzene rings is 1. The number of hydrogen-bond donors (Lipinski definition) is 0. The molecule has 0 aliphatic carbocycles. The van der Waals surface area contributed by atoms with Gasteiger partial charge in [0.05, 0.1) is 23.4 Å². The zero-order valence-corrected chi connectivity index (χ0v) is 16.9. The molecule has 1 saturated heterocycles. The Bertz CT molecular complexity index is 898. The van der Waals surface area contributed by atoms with Crippen molar-refractivity contribution < 1.29 is 23.8 Å². The molecule has 8 nitrogen and oxygen atoms in total. The fraction of sp³-hybridized carbons (Fsp3) is 0.550. The van der Waals surface area contributed by atoms with Crippen molar-refractivity contribution in [1.82, 2.24) is 10.0 Å². The minimum absolute atomic E-state index is 0.0146. The lowest BCUT2D eigenvalue weighted by atomic mass is 9.78. The highest BCUT2D eigenvalue weighted by molar-refractivity contribution is 5.90. The standard InChI is InChI=1S/C20H25N3O5/c1-6-26-18(25)23-19(4,9-12(2)24)10-20(5)14-7-16-17(28-11-27-16)8-15(14)21-13(3)22(20)23/h7-8H,6,9-11H2,1-5H3. The summed E-state index contributed by atoms with van der Waals surface area (Å²) in [4.78, 5) is 29.7. The van der Waals surface area contributed by atoms with Crippen LogP contribution in [0.1, 0.15) is 53.0 Å². The van der Waals surface area contributed by atoms with Gasteiger partial charge >= 0.3 is 6.09 Å². The Labute approximate surface area is 164 Å². The van der Waals surface area contributed by atoms with E-state index in [9.17, 15) is 9.59 Å². The van der Waals surface area contributed by atoms with Crippen molar-refractivity contribution in [3.8, 4) is 11.5 Å². The maximum absolute atomic E-state index is 12.9.